The number of carbonyl (C=O) groups excluding carboxylic acids is 2. The van der Waals surface area contributed by atoms with Gasteiger partial charge in [-0.2, -0.15) is 0 Å². The van der Waals surface area contributed by atoms with Gasteiger partial charge in [-0.1, -0.05) is 35.9 Å². The van der Waals surface area contributed by atoms with E-state index in [9.17, 15) is 14.7 Å². The van der Waals surface area contributed by atoms with E-state index in [-0.39, 0.29) is 11.3 Å². The summed E-state index contributed by atoms with van der Waals surface area (Å²) in [5, 5.41) is 11.3. The van der Waals surface area contributed by atoms with Crippen molar-refractivity contribution >= 4 is 39.1 Å². The van der Waals surface area contributed by atoms with Crippen molar-refractivity contribution < 1.29 is 24.2 Å². The summed E-state index contributed by atoms with van der Waals surface area (Å²) in [7, 11) is 3.07. The topological polar surface area (TPSA) is 76.1 Å². The van der Waals surface area contributed by atoms with Crippen LogP contribution in [-0.4, -0.2) is 31.0 Å². The molecule has 1 N–H and O–H groups in total. The number of para-hydroxylation sites is 1. The number of aryl methyl sites for hydroxylation is 2. The minimum Gasteiger partial charge on any atom is -0.507 e. The van der Waals surface area contributed by atoms with E-state index in [2.05, 4.69) is 15.9 Å². The first-order valence-corrected chi connectivity index (χ1v) is 11.4. The molecule has 3 aromatic carbocycles. The van der Waals surface area contributed by atoms with Gasteiger partial charge in [-0.15, -0.1) is 0 Å². The molecule has 6 nitrogen and oxygen atoms in total. The normalized spacial score (nSPS) is 17.2. The minimum absolute atomic E-state index is 0.00783. The van der Waals surface area contributed by atoms with E-state index in [0.717, 1.165) is 11.1 Å². The molecule has 4 rings (SSSR count). The molecular formula is C27H24BrNO5. The number of ether oxygens (including phenoxy) is 2. The first kappa shape index (κ1) is 23.6. The number of rotatable bonds is 5. The molecule has 1 fully saturated rings. The van der Waals surface area contributed by atoms with Gasteiger partial charge in [-0.3, -0.25) is 14.5 Å². The lowest BCUT2D eigenvalue weighted by atomic mass is 9.94. The number of Topliss-reactive ketones (excluding diaryl/α,β-unsaturated/α-hetero) is 1. The summed E-state index contributed by atoms with van der Waals surface area (Å²) in [6, 6.07) is 16.9. The van der Waals surface area contributed by atoms with Crippen LogP contribution in [0.2, 0.25) is 0 Å². The van der Waals surface area contributed by atoms with Crippen LogP contribution in [0.15, 0.2) is 70.7 Å². The SMILES string of the molecule is COc1ccc(/C(O)=C2\C(=O)C(=O)N(c3ccc(C)cc3C)C2c2ccccc2OC)cc1Br. The fourth-order valence-electron chi connectivity index (χ4n) is 4.31. The lowest BCUT2D eigenvalue weighted by molar-refractivity contribution is -0.132. The predicted octanol–water partition coefficient (Wildman–Crippen LogP) is 5.71. The summed E-state index contributed by atoms with van der Waals surface area (Å²) < 4.78 is 11.4. The lowest BCUT2D eigenvalue weighted by Crippen LogP contribution is -2.30. The van der Waals surface area contributed by atoms with Crippen LogP contribution >= 0.6 is 15.9 Å². The molecule has 1 amide bonds. The van der Waals surface area contributed by atoms with Crippen LogP contribution in [0, 0.1) is 13.8 Å². The molecule has 0 radical (unpaired) electrons. The van der Waals surface area contributed by atoms with E-state index in [0.29, 0.717) is 32.8 Å². The monoisotopic (exact) mass is 521 g/mol. The van der Waals surface area contributed by atoms with Crippen molar-refractivity contribution in [1.82, 2.24) is 0 Å². The molecule has 1 heterocycles. The van der Waals surface area contributed by atoms with Gasteiger partial charge in [0.15, 0.2) is 0 Å². The predicted molar refractivity (Wildman–Crippen MR) is 134 cm³/mol. The Morgan fingerprint density at radius 3 is 2.29 bits per heavy atom. The number of ketones is 1. The van der Waals surface area contributed by atoms with Gasteiger partial charge in [0.05, 0.1) is 30.3 Å². The number of benzene rings is 3. The van der Waals surface area contributed by atoms with Gasteiger partial charge >= 0.3 is 0 Å². The molecule has 0 spiro atoms. The maximum absolute atomic E-state index is 13.4. The van der Waals surface area contributed by atoms with Crippen LogP contribution in [0.3, 0.4) is 0 Å². The molecule has 3 aromatic rings. The van der Waals surface area contributed by atoms with Crippen molar-refractivity contribution in [2.45, 2.75) is 19.9 Å². The number of halogens is 1. The number of hydrogen-bond acceptors (Lipinski definition) is 5. The van der Waals surface area contributed by atoms with Crippen molar-refractivity contribution in [2.24, 2.45) is 0 Å². The second kappa shape index (κ2) is 9.35. The largest absolute Gasteiger partial charge is 0.507 e. The molecule has 0 aromatic heterocycles. The molecule has 0 bridgehead atoms. The molecular weight excluding hydrogens is 498 g/mol. The zero-order valence-corrected chi connectivity index (χ0v) is 20.8. The van der Waals surface area contributed by atoms with E-state index in [1.165, 1.54) is 19.1 Å². The summed E-state index contributed by atoms with van der Waals surface area (Å²) in [4.78, 5) is 28.2. The Labute approximate surface area is 206 Å². The average Bonchev–Trinajstić information content (AvgIpc) is 3.08. The zero-order chi connectivity index (χ0) is 24.6. The van der Waals surface area contributed by atoms with Gasteiger partial charge in [0.2, 0.25) is 0 Å². The maximum atomic E-state index is 13.4. The fourth-order valence-corrected chi connectivity index (χ4v) is 4.85. The highest BCUT2D eigenvalue weighted by atomic mass is 79.9. The highest BCUT2D eigenvalue weighted by molar-refractivity contribution is 9.10. The van der Waals surface area contributed by atoms with Crippen LogP contribution in [0.4, 0.5) is 5.69 Å². The molecule has 1 atom stereocenters. The average molecular weight is 522 g/mol. The van der Waals surface area contributed by atoms with E-state index < -0.39 is 17.7 Å². The van der Waals surface area contributed by atoms with Gasteiger partial charge in [-0.05, 0) is 65.7 Å². The van der Waals surface area contributed by atoms with Crippen molar-refractivity contribution in [3.63, 3.8) is 0 Å². The van der Waals surface area contributed by atoms with Crippen LogP contribution in [0.25, 0.3) is 5.76 Å². The molecule has 1 aliphatic heterocycles. The second-order valence-electron chi connectivity index (χ2n) is 8.05. The number of carbonyl (C=O) groups is 2. The Morgan fingerprint density at radius 1 is 0.941 bits per heavy atom. The quantitative estimate of drug-likeness (QED) is 0.264. The van der Waals surface area contributed by atoms with Crippen LogP contribution in [0.5, 0.6) is 11.5 Å². The Balaban J connectivity index is 2.00. The number of nitrogens with zero attached hydrogens (tertiary/aromatic N) is 1. The van der Waals surface area contributed by atoms with Gasteiger partial charge < -0.3 is 14.6 Å². The Kier molecular flexibility index (Phi) is 6.48. The molecule has 34 heavy (non-hydrogen) atoms. The van der Waals surface area contributed by atoms with Gasteiger partial charge in [0.1, 0.15) is 17.3 Å². The van der Waals surface area contributed by atoms with Gasteiger partial charge in [0.25, 0.3) is 11.7 Å². The molecule has 1 saturated heterocycles. The second-order valence-corrected chi connectivity index (χ2v) is 8.90. The Morgan fingerprint density at radius 2 is 1.65 bits per heavy atom. The number of anilines is 1. The Bertz CT molecular complexity index is 1330. The summed E-state index contributed by atoms with van der Waals surface area (Å²) in [5.41, 5.74) is 3.44. The standard InChI is InChI=1S/C27H24BrNO5/c1-15-9-11-20(16(2)13-15)29-24(18-7-5-6-8-21(18)33-3)23(26(31)27(29)32)25(30)17-10-12-22(34-4)19(28)14-17/h5-14,24,30H,1-4H3/b25-23+. The van der Waals surface area contributed by atoms with E-state index in [4.69, 9.17) is 9.47 Å². The fraction of sp³-hybridized carbons (Fsp3) is 0.185. The molecule has 0 saturated carbocycles. The van der Waals surface area contributed by atoms with Crippen LogP contribution in [-0.2, 0) is 9.59 Å². The summed E-state index contributed by atoms with van der Waals surface area (Å²) in [6.45, 7) is 3.85. The van der Waals surface area contributed by atoms with E-state index in [1.807, 2.05) is 44.2 Å². The molecule has 7 heteroatoms. The van der Waals surface area contributed by atoms with E-state index in [1.54, 1.807) is 30.3 Å². The molecule has 1 aliphatic rings. The highest BCUT2D eigenvalue weighted by Crippen LogP contribution is 2.46. The maximum Gasteiger partial charge on any atom is 0.300 e. The minimum atomic E-state index is -0.876. The first-order valence-electron chi connectivity index (χ1n) is 10.6. The number of amides is 1. The van der Waals surface area contributed by atoms with Crippen molar-refractivity contribution in [2.75, 3.05) is 19.1 Å². The van der Waals surface area contributed by atoms with Crippen molar-refractivity contribution in [3.05, 3.63) is 93.0 Å². The van der Waals surface area contributed by atoms with Crippen LogP contribution < -0.4 is 14.4 Å². The molecule has 174 valence electrons. The Hall–Kier alpha value is -3.58. The van der Waals surface area contributed by atoms with Crippen LogP contribution in [0.1, 0.15) is 28.3 Å². The number of aliphatic hydroxyl groups excluding tert-OH is 1. The number of hydrogen-bond donors (Lipinski definition) is 1. The van der Waals surface area contributed by atoms with Crippen molar-refractivity contribution in [1.29, 1.82) is 0 Å². The first-order chi connectivity index (χ1) is 16.3. The van der Waals surface area contributed by atoms with E-state index >= 15 is 0 Å². The molecule has 1 unspecified atom stereocenters. The molecule has 0 aliphatic carbocycles. The highest BCUT2D eigenvalue weighted by Gasteiger charge is 2.48. The summed E-state index contributed by atoms with van der Waals surface area (Å²) >= 11 is 3.42. The zero-order valence-electron chi connectivity index (χ0n) is 19.3. The van der Waals surface area contributed by atoms with Crippen molar-refractivity contribution in [3.8, 4) is 11.5 Å². The summed E-state index contributed by atoms with van der Waals surface area (Å²) in [6.07, 6.45) is 0. The number of methoxy groups -OCH3 is 2. The third kappa shape index (κ3) is 3.96. The third-order valence-electron chi connectivity index (χ3n) is 5.91. The number of aliphatic hydroxyl groups is 1. The van der Waals surface area contributed by atoms with Gasteiger partial charge in [0, 0.05) is 16.8 Å². The smallest absolute Gasteiger partial charge is 0.300 e. The third-order valence-corrected chi connectivity index (χ3v) is 6.53. The summed E-state index contributed by atoms with van der Waals surface area (Å²) in [5.74, 6) is -0.665. The lowest BCUT2D eigenvalue weighted by Gasteiger charge is -2.28. The van der Waals surface area contributed by atoms with Gasteiger partial charge in [-0.25, -0.2) is 0 Å².